The lowest BCUT2D eigenvalue weighted by atomic mass is 10.1. The third kappa shape index (κ3) is 3.57. The van der Waals surface area contributed by atoms with Gasteiger partial charge in [0.05, 0.1) is 26.0 Å². The number of nitrogens with one attached hydrogen (secondary N) is 1. The van der Waals surface area contributed by atoms with E-state index in [2.05, 4.69) is 5.32 Å². The zero-order valence-corrected chi connectivity index (χ0v) is 12.6. The number of ether oxygens (including phenoxy) is 2. The van der Waals surface area contributed by atoms with Gasteiger partial charge in [0, 0.05) is 6.04 Å². The minimum Gasteiger partial charge on any atom is -0.493 e. The molecule has 1 aromatic carbocycles. The number of alkyl halides is 1. The number of amides is 1. The molecule has 1 aromatic rings. The SMILES string of the molecule is COc1ccc(CC(=O)NC2CCCC2Cl)cc1OC. The van der Waals surface area contributed by atoms with Crippen molar-refractivity contribution in [2.24, 2.45) is 0 Å². The van der Waals surface area contributed by atoms with Crippen LogP contribution in [0.5, 0.6) is 11.5 Å². The lowest BCUT2D eigenvalue weighted by Gasteiger charge is -2.16. The second-order valence-corrected chi connectivity index (χ2v) is 5.55. The smallest absolute Gasteiger partial charge is 0.224 e. The first-order valence-corrected chi connectivity index (χ1v) is 7.22. The predicted molar refractivity (Wildman–Crippen MR) is 78.7 cm³/mol. The molecule has 1 amide bonds. The van der Waals surface area contributed by atoms with Crippen LogP contribution in [0.1, 0.15) is 24.8 Å². The zero-order valence-electron chi connectivity index (χ0n) is 11.8. The molecule has 0 radical (unpaired) electrons. The van der Waals surface area contributed by atoms with Crippen LogP contribution in [0.4, 0.5) is 0 Å². The van der Waals surface area contributed by atoms with Crippen LogP contribution < -0.4 is 14.8 Å². The molecule has 0 aliphatic heterocycles. The predicted octanol–water partition coefficient (Wildman–Crippen LogP) is 2.52. The summed E-state index contributed by atoms with van der Waals surface area (Å²) in [6.07, 6.45) is 3.34. The Morgan fingerprint density at radius 2 is 2.05 bits per heavy atom. The van der Waals surface area contributed by atoms with Crippen molar-refractivity contribution in [1.29, 1.82) is 0 Å². The highest BCUT2D eigenvalue weighted by molar-refractivity contribution is 6.21. The number of carbonyl (C=O) groups is 1. The first kappa shape index (κ1) is 15.0. The Balaban J connectivity index is 1.97. The van der Waals surface area contributed by atoms with E-state index in [1.54, 1.807) is 20.3 Å². The van der Waals surface area contributed by atoms with Crippen LogP contribution in [0.3, 0.4) is 0 Å². The molecule has 0 heterocycles. The van der Waals surface area contributed by atoms with Gasteiger partial charge in [-0.3, -0.25) is 4.79 Å². The minimum absolute atomic E-state index is 0.00484. The minimum atomic E-state index is -0.00484. The van der Waals surface area contributed by atoms with Crippen molar-refractivity contribution in [3.05, 3.63) is 23.8 Å². The van der Waals surface area contributed by atoms with Crippen molar-refractivity contribution >= 4 is 17.5 Å². The van der Waals surface area contributed by atoms with Crippen LogP contribution in [-0.2, 0) is 11.2 Å². The van der Waals surface area contributed by atoms with E-state index in [9.17, 15) is 4.79 Å². The number of carbonyl (C=O) groups excluding carboxylic acids is 1. The van der Waals surface area contributed by atoms with Crippen molar-refractivity contribution in [3.8, 4) is 11.5 Å². The molecule has 0 saturated heterocycles. The van der Waals surface area contributed by atoms with E-state index < -0.39 is 0 Å². The third-order valence-corrected chi connectivity index (χ3v) is 4.11. The summed E-state index contributed by atoms with van der Waals surface area (Å²) in [6.45, 7) is 0. The zero-order chi connectivity index (χ0) is 14.5. The number of methoxy groups -OCH3 is 2. The maximum absolute atomic E-state index is 12.0. The Bertz CT molecular complexity index is 478. The number of halogens is 1. The summed E-state index contributed by atoms with van der Waals surface area (Å²) < 4.78 is 10.4. The van der Waals surface area contributed by atoms with E-state index in [-0.39, 0.29) is 17.3 Å². The number of hydrogen-bond donors (Lipinski definition) is 1. The van der Waals surface area contributed by atoms with Crippen LogP contribution >= 0.6 is 11.6 Å². The summed E-state index contributed by atoms with van der Waals surface area (Å²) in [5.41, 5.74) is 0.893. The van der Waals surface area contributed by atoms with Crippen LogP contribution in [0.15, 0.2) is 18.2 Å². The molecule has 1 saturated carbocycles. The molecule has 2 rings (SSSR count). The van der Waals surface area contributed by atoms with Gasteiger partial charge in [0.15, 0.2) is 11.5 Å². The maximum Gasteiger partial charge on any atom is 0.224 e. The Kier molecular flexibility index (Phi) is 5.12. The average molecular weight is 298 g/mol. The lowest BCUT2D eigenvalue weighted by molar-refractivity contribution is -0.121. The summed E-state index contributed by atoms with van der Waals surface area (Å²) >= 11 is 6.16. The van der Waals surface area contributed by atoms with Gasteiger partial charge in [-0.25, -0.2) is 0 Å². The molecule has 1 aliphatic rings. The largest absolute Gasteiger partial charge is 0.493 e. The molecule has 1 aliphatic carbocycles. The van der Waals surface area contributed by atoms with Gasteiger partial charge in [-0.05, 0) is 37.0 Å². The van der Waals surface area contributed by atoms with E-state index >= 15 is 0 Å². The first-order chi connectivity index (χ1) is 9.63. The van der Waals surface area contributed by atoms with Crippen molar-refractivity contribution in [3.63, 3.8) is 0 Å². The van der Waals surface area contributed by atoms with Crippen LogP contribution in [0.25, 0.3) is 0 Å². The van der Waals surface area contributed by atoms with E-state index in [0.29, 0.717) is 17.9 Å². The van der Waals surface area contributed by atoms with Crippen molar-refractivity contribution in [2.75, 3.05) is 14.2 Å². The second-order valence-electron chi connectivity index (χ2n) is 4.99. The highest BCUT2D eigenvalue weighted by Gasteiger charge is 2.26. The van der Waals surface area contributed by atoms with Gasteiger partial charge < -0.3 is 14.8 Å². The summed E-state index contributed by atoms with van der Waals surface area (Å²) in [5, 5.41) is 3.06. The molecule has 1 N–H and O–H groups in total. The molecule has 110 valence electrons. The monoisotopic (exact) mass is 297 g/mol. The average Bonchev–Trinajstić information content (AvgIpc) is 2.84. The number of rotatable bonds is 5. The van der Waals surface area contributed by atoms with Gasteiger partial charge >= 0.3 is 0 Å². The standard InChI is InChI=1S/C15H20ClNO3/c1-19-13-7-6-10(8-14(13)20-2)9-15(18)17-12-5-3-4-11(12)16/h6-8,11-12H,3-5,9H2,1-2H3,(H,17,18). The Morgan fingerprint density at radius 3 is 2.65 bits per heavy atom. The highest BCUT2D eigenvalue weighted by Crippen LogP contribution is 2.28. The van der Waals surface area contributed by atoms with E-state index in [1.165, 1.54) is 0 Å². The van der Waals surface area contributed by atoms with Gasteiger partial charge in [0.25, 0.3) is 0 Å². The van der Waals surface area contributed by atoms with Gasteiger partial charge in [0.2, 0.25) is 5.91 Å². The molecule has 5 heteroatoms. The number of benzene rings is 1. The van der Waals surface area contributed by atoms with E-state index in [4.69, 9.17) is 21.1 Å². The molecule has 4 nitrogen and oxygen atoms in total. The van der Waals surface area contributed by atoms with Gasteiger partial charge in [0.1, 0.15) is 0 Å². The summed E-state index contributed by atoms with van der Waals surface area (Å²) in [6, 6.07) is 5.60. The summed E-state index contributed by atoms with van der Waals surface area (Å²) in [7, 11) is 3.17. The van der Waals surface area contributed by atoms with Gasteiger partial charge in [-0.15, -0.1) is 11.6 Å². The molecule has 0 aromatic heterocycles. The molecule has 2 atom stereocenters. The van der Waals surface area contributed by atoms with Crippen molar-refractivity contribution in [2.45, 2.75) is 37.1 Å². The van der Waals surface area contributed by atoms with Gasteiger partial charge in [-0.2, -0.15) is 0 Å². The molecular weight excluding hydrogens is 278 g/mol. The molecule has 1 fully saturated rings. The summed E-state index contributed by atoms with van der Waals surface area (Å²) in [4.78, 5) is 12.0. The molecule has 2 unspecified atom stereocenters. The van der Waals surface area contributed by atoms with E-state index in [0.717, 1.165) is 24.8 Å². The van der Waals surface area contributed by atoms with Gasteiger partial charge in [-0.1, -0.05) is 6.07 Å². The van der Waals surface area contributed by atoms with Crippen LogP contribution in [0.2, 0.25) is 0 Å². The molecule has 0 bridgehead atoms. The van der Waals surface area contributed by atoms with Crippen LogP contribution in [-0.4, -0.2) is 31.5 Å². The maximum atomic E-state index is 12.0. The quantitative estimate of drug-likeness (QED) is 0.850. The van der Waals surface area contributed by atoms with E-state index in [1.807, 2.05) is 12.1 Å². The molecular formula is C15H20ClNO3. The topological polar surface area (TPSA) is 47.6 Å². The lowest BCUT2D eigenvalue weighted by Crippen LogP contribution is -2.38. The molecule has 20 heavy (non-hydrogen) atoms. The fourth-order valence-electron chi connectivity index (χ4n) is 2.51. The second kappa shape index (κ2) is 6.84. The fourth-order valence-corrected chi connectivity index (χ4v) is 2.85. The first-order valence-electron chi connectivity index (χ1n) is 6.78. The highest BCUT2D eigenvalue weighted by atomic mass is 35.5. The summed E-state index contributed by atoms with van der Waals surface area (Å²) in [5.74, 6) is 1.29. The Hall–Kier alpha value is -1.42. The third-order valence-electron chi connectivity index (χ3n) is 3.59. The fraction of sp³-hybridized carbons (Fsp3) is 0.533. The number of hydrogen-bond acceptors (Lipinski definition) is 3. The van der Waals surface area contributed by atoms with Crippen molar-refractivity contribution in [1.82, 2.24) is 5.32 Å². The normalized spacial score (nSPS) is 21.6. The Labute approximate surface area is 124 Å². The van der Waals surface area contributed by atoms with Crippen LogP contribution in [0, 0.1) is 0 Å². The van der Waals surface area contributed by atoms with Crippen molar-refractivity contribution < 1.29 is 14.3 Å². The Morgan fingerprint density at radius 1 is 1.30 bits per heavy atom. The molecule has 0 spiro atoms.